The van der Waals surface area contributed by atoms with Crippen LogP contribution in [0.5, 0.6) is 0 Å². The third-order valence-electron chi connectivity index (χ3n) is 1.98. The van der Waals surface area contributed by atoms with Gasteiger partial charge in [-0.1, -0.05) is 31.5 Å². The molecule has 0 saturated carbocycles. The van der Waals surface area contributed by atoms with Gasteiger partial charge in [-0.3, -0.25) is 0 Å². The van der Waals surface area contributed by atoms with Crippen LogP contribution in [0.15, 0.2) is 24.3 Å². The topological polar surface area (TPSA) is 12.0 Å². The molecule has 1 N–H and O–H groups in total. The van der Waals surface area contributed by atoms with E-state index in [9.17, 15) is 8.78 Å². The molecule has 0 fully saturated rings. The maximum atomic E-state index is 12.0. The molecule has 0 aliphatic rings. The zero-order valence-electron chi connectivity index (χ0n) is 8.26. The quantitative estimate of drug-likeness (QED) is 0.767. The van der Waals surface area contributed by atoms with Crippen LogP contribution in [0.4, 0.5) is 14.5 Å². The van der Waals surface area contributed by atoms with Gasteiger partial charge in [0.05, 0.1) is 6.54 Å². The SMILES string of the molecule is CCCc1ccccc1NCC(F)F. The van der Waals surface area contributed by atoms with Gasteiger partial charge in [0.15, 0.2) is 0 Å². The first-order valence-corrected chi connectivity index (χ1v) is 4.84. The number of halogens is 2. The highest BCUT2D eigenvalue weighted by Gasteiger charge is 2.04. The molecule has 3 heteroatoms. The molecule has 0 aliphatic heterocycles. The Bertz CT molecular complexity index is 274. The van der Waals surface area contributed by atoms with E-state index in [-0.39, 0.29) is 6.54 Å². The second-order valence-corrected chi connectivity index (χ2v) is 3.18. The van der Waals surface area contributed by atoms with Crippen molar-refractivity contribution in [1.82, 2.24) is 0 Å². The van der Waals surface area contributed by atoms with E-state index in [1.165, 1.54) is 0 Å². The van der Waals surface area contributed by atoms with Gasteiger partial charge < -0.3 is 5.32 Å². The Labute approximate surface area is 83.1 Å². The molecule has 14 heavy (non-hydrogen) atoms. The van der Waals surface area contributed by atoms with E-state index in [1.54, 1.807) is 0 Å². The number of rotatable bonds is 5. The van der Waals surface area contributed by atoms with Crippen LogP contribution in [0, 0.1) is 0 Å². The maximum Gasteiger partial charge on any atom is 0.255 e. The van der Waals surface area contributed by atoms with Crippen molar-refractivity contribution < 1.29 is 8.78 Å². The Morgan fingerprint density at radius 2 is 2.00 bits per heavy atom. The first kappa shape index (κ1) is 11.0. The molecule has 0 radical (unpaired) electrons. The first-order valence-electron chi connectivity index (χ1n) is 4.84. The lowest BCUT2D eigenvalue weighted by atomic mass is 10.1. The lowest BCUT2D eigenvalue weighted by Crippen LogP contribution is -2.11. The average molecular weight is 199 g/mol. The molecule has 1 aromatic carbocycles. The molecule has 0 aromatic heterocycles. The van der Waals surface area contributed by atoms with Crippen molar-refractivity contribution >= 4 is 5.69 Å². The zero-order valence-corrected chi connectivity index (χ0v) is 8.26. The molecule has 0 unspecified atom stereocenters. The number of nitrogens with one attached hydrogen (secondary N) is 1. The molecular formula is C11H15F2N. The summed E-state index contributed by atoms with van der Waals surface area (Å²) in [6, 6.07) is 7.59. The van der Waals surface area contributed by atoms with Crippen LogP contribution in [-0.4, -0.2) is 13.0 Å². The Morgan fingerprint density at radius 1 is 1.29 bits per heavy atom. The normalized spacial score (nSPS) is 10.6. The summed E-state index contributed by atoms with van der Waals surface area (Å²) in [5.74, 6) is 0. The van der Waals surface area contributed by atoms with Gasteiger partial charge in [-0.15, -0.1) is 0 Å². The predicted molar refractivity (Wildman–Crippen MR) is 54.9 cm³/mol. The Morgan fingerprint density at radius 3 is 2.64 bits per heavy atom. The molecule has 0 spiro atoms. The van der Waals surface area contributed by atoms with Crippen molar-refractivity contribution in [2.24, 2.45) is 0 Å². The number of anilines is 1. The van der Waals surface area contributed by atoms with Crippen molar-refractivity contribution in [1.29, 1.82) is 0 Å². The van der Waals surface area contributed by atoms with E-state index < -0.39 is 6.43 Å². The number of hydrogen-bond acceptors (Lipinski definition) is 1. The number of benzene rings is 1. The van der Waals surface area contributed by atoms with Crippen LogP contribution in [0.1, 0.15) is 18.9 Å². The van der Waals surface area contributed by atoms with Crippen molar-refractivity contribution in [2.45, 2.75) is 26.2 Å². The van der Waals surface area contributed by atoms with E-state index in [1.807, 2.05) is 24.3 Å². The van der Waals surface area contributed by atoms with Gasteiger partial charge >= 0.3 is 0 Å². The largest absolute Gasteiger partial charge is 0.379 e. The van der Waals surface area contributed by atoms with Crippen molar-refractivity contribution in [3.8, 4) is 0 Å². The average Bonchev–Trinajstić information content (AvgIpc) is 2.17. The van der Waals surface area contributed by atoms with Gasteiger partial charge in [-0.05, 0) is 18.1 Å². The highest BCUT2D eigenvalue weighted by Crippen LogP contribution is 2.16. The summed E-state index contributed by atoms with van der Waals surface area (Å²) >= 11 is 0. The van der Waals surface area contributed by atoms with Gasteiger partial charge in [0.2, 0.25) is 0 Å². The molecule has 0 saturated heterocycles. The number of alkyl halides is 2. The molecule has 0 heterocycles. The first-order chi connectivity index (χ1) is 6.74. The Hall–Kier alpha value is -1.12. The summed E-state index contributed by atoms with van der Waals surface area (Å²) in [6.07, 6.45) is -0.357. The molecule has 0 amide bonds. The summed E-state index contributed by atoms with van der Waals surface area (Å²) < 4.78 is 24.0. The van der Waals surface area contributed by atoms with Crippen LogP contribution in [0.2, 0.25) is 0 Å². The highest BCUT2D eigenvalue weighted by atomic mass is 19.3. The summed E-state index contributed by atoms with van der Waals surface area (Å²) in [7, 11) is 0. The number of hydrogen-bond donors (Lipinski definition) is 1. The zero-order chi connectivity index (χ0) is 10.4. The minimum atomic E-state index is -2.30. The Balaban J connectivity index is 2.64. The molecular weight excluding hydrogens is 184 g/mol. The fourth-order valence-corrected chi connectivity index (χ4v) is 1.37. The van der Waals surface area contributed by atoms with Gasteiger partial charge in [0.1, 0.15) is 0 Å². The van der Waals surface area contributed by atoms with Gasteiger partial charge in [0.25, 0.3) is 6.43 Å². The van der Waals surface area contributed by atoms with E-state index in [0.29, 0.717) is 0 Å². The van der Waals surface area contributed by atoms with Crippen LogP contribution in [-0.2, 0) is 6.42 Å². The molecule has 0 atom stereocenters. The van der Waals surface area contributed by atoms with E-state index in [4.69, 9.17) is 0 Å². The van der Waals surface area contributed by atoms with Gasteiger partial charge in [-0.25, -0.2) is 8.78 Å². The smallest absolute Gasteiger partial charge is 0.255 e. The fraction of sp³-hybridized carbons (Fsp3) is 0.455. The van der Waals surface area contributed by atoms with Crippen molar-refractivity contribution in [3.63, 3.8) is 0 Å². The summed E-state index contributed by atoms with van der Waals surface area (Å²) in [5, 5.41) is 2.75. The molecule has 1 nitrogen and oxygen atoms in total. The number of para-hydroxylation sites is 1. The molecule has 0 bridgehead atoms. The van der Waals surface area contributed by atoms with Crippen LogP contribution >= 0.6 is 0 Å². The van der Waals surface area contributed by atoms with E-state index in [0.717, 1.165) is 24.1 Å². The third-order valence-corrected chi connectivity index (χ3v) is 1.98. The molecule has 78 valence electrons. The van der Waals surface area contributed by atoms with Crippen LogP contribution in [0.25, 0.3) is 0 Å². The summed E-state index contributed by atoms with van der Waals surface area (Å²) in [4.78, 5) is 0. The van der Waals surface area contributed by atoms with Gasteiger partial charge in [0, 0.05) is 5.69 Å². The second kappa shape index (κ2) is 5.58. The lowest BCUT2D eigenvalue weighted by Gasteiger charge is -2.10. The fourth-order valence-electron chi connectivity index (χ4n) is 1.37. The molecule has 1 rings (SSSR count). The predicted octanol–water partition coefficient (Wildman–Crippen LogP) is 3.32. The van der Waals surface area contributed by atoms with E-state index in [2.05, 4.69) is 12.2 Å². The number of aryl methyl sites for hydroxylation is 1. The van der Waals surface area contributed by atoms with Crippen LogP contribution < -0.4 is 5.32 Å². The maximum absolute atomic E-state index is 12.0. The monoisotopic (exact) mass is 199 g/mol. The summed E-state index contributed by atoms with van der Waals surface area (Å²) in [6.45, 7) is 1.80. The minimum absolute atomic E-state index is 0.277. The van der Waals surface area contributed by atoms with Crippen molar-refractivity contribution in [2.75, 3.05) is 11.9 Å². The minimum Gasteiger partial charge on any atom is -0.379 e. The van der Waals surface area contributed by atoms with Gasteiger partial charge in [-0.2, -0.15) is 0 Å². The van der Waals surface area contributed by atoms with Crippen molar-refractivity contribution in [3.05, 3.63) is 29.8 Å². The molecule has 0 aliphatic carbocycles. The second-order valence-electron chi connectivity index (χ2n) is 3.18. The third kappa shape index (κ3) is 3.32. The van der Waals surface area contributed by atoms with Crippen LogP contribution in [0.3, 0.4) is 0 Å². The highest BCUT2D eigenvalue weighted by molar-refractivity contribution is 5.51. The lowest BCUT2D eigenvalue weighted by molar-refractivity contribution is 0.163. The summed E-state index contributed by atoms with van der Waals surface area (Å²) in [5.41, 5.74) is 1.94. The standard InChI is InChI=1S/C11H15F2N/c1-2-5-9-6-3-4-7-10(9)14-8-11(12)13/h3-4,6-7,11,14H,2,5,8H2,1H3. The Kier molecular flexibility index (Phi) is 4.36. The molecule has 1 aromatic rings. The van der Waals surface area contributed by atoms with E-state index >= 15 is 0 Å².